The Hall–Kier alpha value is -3.81. The van der Waals surface area contributed by atoms with Crippen LogP contribution in [0.15, 0.2) is 60.9 Å². The van der Waals surface area contributed by atoms with Crippen molar-refractivity contribution in [1.29, 1.82) is 0 Å². The minimum absolute atomic E-state index is 0.0686. The van der Waals surface area contributed by atoms with E-state index in [-0.39, 0.29) is 18.2 Å². The Kier molecular flexibility index (Phi) is 5.49. The molecule has 0 bridgehead atoms. The van der Waals surface area contributed by atoms with Crippen LogP contribution in [-0.4, -0.2) is 41.4 Å². The van der Waals surface area contributed by atoms with E-state index in [1.807, 2.05) is 47.3 Å². The Balaban J connectivity index is 1.22. The Morgan fingerprint density at radius 2 is 1.88 bits per heavy atom. The number of benzene rings is 2. The number of carbonyl (C=O) groups is 2. The number of rotatable bonds is 6. The fourth-order valence-corrected chi connectivity index (χ4v) is 4.11. The van der Waals surface area contributed by atoms with Crippen LogP contribution >= 0.6 is 0 Å². The lowest BCUT2D eigenvalue weighted by atomic mass is 10.1. The SMILES string of the molecule is O=C(NCc1ccccc1Cn1cccn1)[C@H]1CC(=O)N(c2ccc3c(c2)OCCO3)C1. The van der Waals surface area contributed by atoms with Gasteiger partial charge in [-0.05, 0) is 29.3 Å². The molecule has 1 saturated heterocycles. The first-order valence-electron chi connectivity index (χ1n) is 10.7. The Labute approximate surface area is 185 Å². The Morgan fingerprint density at radius 3 is 2.69 bits per heavy atom. The third kappa shape index (κ3) is 4.16. The van der Waals surface area contributed by atoms with Crippen molar-refractivity contribution in [3.63, 3.8) is 0 Å². The van der Waals surface area contributed by atoms with Crippen molar-refractivity contribution >= 4 is 17.5 Å². The van der Waals surface area contributed by atoms with Gasteiger partial charge in [-0.2, -0.15) is 5.10 Å². The molecule has 2 aliphatic rings. The highest BCUT2D eigenvalue weighted by Crippen LogP contribution is 2.36. The van der Waals surface area contributed by atoms with Gasteiger partial charge in [0.2, 0.25) is 11.8 Å². The summed E-state index contributed by atoms with van der Waals surface area (Å²) in [5.41, 5.74) is 2.85. The fraction of sp³-hybridized carbons (Fsp3) is 0.292. The van der Waals surface area contributed by atoms with Crippen molar-refractivity contribution in [2.75, 3.05) is 24.7 Å². The van der Waals surface area contributed by atoms with E-state index in [0.29, 0.717) is 44.3 Å². The van der Waals surface area contributed by atoms with E-state index in [9.17, 15) is 9.59 Å². The Bertz CT molecular complexity index is 1130. The van der Waals surface area contributed by atoms with E-state index in [0.717, 1.165) is 16.8 Å². The molecule has 0 saturated carbocycles. The number of nitrogens with one attached hydrogen (secondary N) is 1. The zero-order valence-electron chi connectivity index (χ0n) is 17.6. The molecule has 0 unspecified atom stereocenters. The second kappa shape index (κ2) is 8.74. The predicted octanol–water partition coefficient (Wildman–Crippen LogP) is 2.37. The van der Waals surface area contributed by atoms with Crippen molar-refractivity contribution in [1.82, 2.24) is 15.1 Å². The topological polar surface area (TPSA) is 85.7 Å². The molecule has 0 spiro atoms. The normalized spacial score (nSPS) is 17.4. The molecule has 32 heavy (non-hydrogen) atoms. The van der Waals surface area contributed by atoms with Gasteiger partial charge in [-0.25, -0.2) is 0 Å². The van der Waals surface area contributed by atoms with E-state index >= 15 is 0 Å². The molecule has 1 atom stereocenters. The van der Waals surface area contributed by atoms with Crippen LogP contribution in [-0.2, 0) is 22.7 Å². The number of hydrogen-bond donors (Lipinski definition) is 1. The van der Waals surface area contributed by atoms with Gasteiger partial charge in [0.1, 0.15) is 13.2 Å². The van der Waals surface area contributed by atoms with Crippen LogP contribution in [0.4, 0.5) is 5.69 Å². The summed E-state index contributed by atoms with van der Waals surface area (Å²) in [7, 11) is 0. The maximum absolute atomic E-state index is 12.8. The molecule has 164 valence electrons. The summed E-state index contributed by atoms with van der Waals surface area (Å²) in [5, 5.41) is 7.26. The third-order valence-corrected chi connectivity index (χ3v) is 5.80. The van der Waals surface area contributed by atoms with Crippen LogP contribution < -0.4 is 19.7 Å². The highest BCUT2D eigenvalue weighted by Gasteiger charge is 2.35. The number of ether oxygens (including phenoxy) is 2. The van der Waals surface area contributed by atoms with Gasteiger partial charge in [-0.3, -0.25) is 14.3 Å². The number of fused-ring (bicyclic) bond motifs is 1. The molecule has 2 aromatic carbocycles. The number of hydrogen-bond acceptors (Lipinski definition) is 5. The lowest BCUT2D eigenvalue weighted by Crippen LogP contribution is -2.33. The molecule has 5 rings (SSSR count). The molecule has 3 heterocycles. The van der Waals surface area contributed by atoms with Gasteiger partial charge in [0.15, 0.2) is 11.5 Å². The molecular weight excluding hydrogens is 408 g/mol. The minimum atomic E-state index is -0.394. The van der Waals surface area contributed by atoms with Crippen molar-refractivity contribution in [2.24, 2.45) is 5.92 Å². The Morgan fingerprint density at radius 1 is 1.06 bits per heavy atom. The van der Waals surface area contributed by atoms with Gasteiger partial charge in [0.05, 0.1) is 12.5 Å². The zero-order valence-corrected chi connectivity index (χ0v) is 17.6. The molecular formula is C24H24N4O4. The minimum Gasteiger partial charge on any atom is -0.486 e. The van der Waals surface area contributed by atoms with Gasteiger partial charge in [0.25, 0.3) is 0 Å². The first kappa shape index (κ1) is 20.1. The largest absolute Gasteiger partial charge is 0.486 e. The van der Waals surface area contributed by atoms with Crippen LogP contribution in [0.1, 0.15) is 17.5 Å². The van der Waals surface area contributed by atoms with E-state index < -0.39 is 5.92 Å². The smallest absolute Gasteiger partial charge is 0.227 e. The summed E-state index contributed by atoms with van der Waals surface area (Å²) in [6.45, 7) is 2.39. The predicted molar refractivity (Wildman–Crippen MR) is 118 cm³/mol. The maximum atomic E-state index is 12.8. The molecule has 0 aliphatic carbocycles. The van der Waals surface area contributed by atoms with Gasteiger partial charge < -0.3 is 19.7 Å². The zero-order chi connectivity index (χ0) is 21.9. The van der Waals surface area contributed by atoms with Crippen molar-refractivity contribution in [3.8, 4) is 11.5 Å². The summed E-state index contributed by atoms with van der Waals surface area (Å²) >= 11 is 0. The molecule has 8 nitrogen and oxygen atoms in total. The molecule has 2 aliphatic heterocycles. The lowest BCUT2D eigenvalue weighted by molar-refractivity contribution is -0.126. The summed E-state index contributed by atoms with van der Waals surface area (Å²) < 4.78 is 13.0. The molecule has 8 heteroatoms. The molecule has 1 fully saturated rings. The van der Waals surface area contributed by atoms with Crippen molar-refractivity contribution in [2.45, 2.75) is 19.5 Å². The number of anilines is 1. The summed E-state index contributed by atoms with van der Waals surface area (Å²) in [6.07, 6.45) is 3.84. The third-order valence-electron chi connectivity index (χ3n) is 5.80. The first-order valence-corrected chi connectivity index (χ1v) is 10.7. The van der Waals surface area contributed by atoms with Crippen LogP contribution in [0, 0.1) is 5.92 Å². The standard InChI is InChI=1S/C24H24N4O4/c29-23-12-19(16-28(23)20-6-7-21-22(13-20)32-11-10-31-21)24(30)25-14-17-4-1-2-5-18(17)15-27-9-3-8-26-27/h1-9,13,19H,10-12,14-16H2,(H,25,30)/t19-/m0/s1. The van der Waals surface area contributed by atoms with Crippen LogP contribution in [0.5, 0.6) is 11.5 Å². The second-order valence-corrected chi connectivity index (χ2v) is 7.92. The van der Waals surface area contributed by atoms with Gasteiger partial charge in [0, 0.05) is 43.7 Å². The summed E-state index contributed by atoms with van der Waals surface area (Å²) in [4.78, 5) is 27.1. The van der Waals surface area contributed by atoms with Gasteiger partial charge in [-0.1, -0.05) is 24.3 Å². The monoisotopic (exact) mass is 432 g/mol. The van der Waals surface area contributed by atoms with E-state index in [2.05, 4.69) is 10.4 Å². The van der Waals surface area contributed by atoms with Gasteiger partial charge in [-0.15, -0.1) is 0 Å². The highest BCUT2D eigenvalue weighted by molar-refractivity contribution is 6.00. The average molecular weight is 432 g/mol. The summed E-state index contributed by atoms with van der Waals surface area (Å²) in [5.74, 6) is 0.722. The number of carbonyl (C=O) groups excluding carboxylic acids is 2. The van der Waals surface area contributed by atoms with E-state index in [4.69, 9.17) is 9.47 Å². The van der Waals surface area contributed by atoms with Crippen molar-refractivity contribution in [3.05, 3.63) is 72.1 Å². The summed E-state index contributed by atoms with van der Waals surface area (Å²) in [6, 6.07) is 15.3. The van der Waals surface area contributed by atoms with Crippen LogP contribution in [0.2, 0.25) is 0 Å². The molecule has 1 aromatic heterocycles. The molecule has 2 amide bonds. The van der Waals surface area contributed by atoms with Crippen molar-refractivity contribution < 1.29 is 19.1 Å². The first-order chi connectivity index (χ1) is 15.7. The lowest BCUT2D eigenvalue weighted by Gasteiger charge is -2.22. The second-order valence-electron chi connectivity index (χ2n) is 7.92. The van der Waals surface area contributed by atoms with E-state index in [1.165, 1.54) is 0 Å². The molecule has 1 N–H and O–H groups in total. The number of amides is 2. The maximum Gasteiger partial charge on any atom is 0.227 e. The highest BCUT2D eigenvalue weighted by atomic mass is 16.6. The quantitative estimate of drug-likeness (QED) is 0.646. The number of aromatic nitrogens is 2. The number of nitrogens with zero attached hydrogens (tertiary/aromatic N) is 3. The van der Waals surface area contributed by atoms with E-state index in [1.54, 1.807) is 23.2 Å². The van der Waals surface area contributed by atoms with Crippen LogP contribution in [0.3, 0.4) is 0 Å². The van der Waals surface area contributed by atoms with Gasteiger partial charge >= 0.3 is 0 Å². The van der Waals surface area contributed by atoms with Crippen LogP contribution in [0.25, 0.3) is 0 Å². The molecule has 0 radical (unpaired) electrons. The average Bonchev–Trinajstić information content (AvgIpc) is 3.47. The molecule has 3 aromatic rings. The fourth-order valence-electron chi connectivity index (χ4n) is 4.11.